The van der Waals surface area contributed by atoms with Crippen molar-refractivity contribution in [3.05, 3.63) is 34.9 Å². The van der Waals surface area contributed by atoms with Gasteiger partial charge in [0.1, 0.15) is 0 Å². The van der Waals surface area contributed by atoms with Gasteiger partial charge in [-0.15, -0.1) is 0 Å². The molecule has 1 heterocycles. The molecule has 116 valence electrons. The van der Waals surface area contributed by atoms with Crippen LogP contribution >= 0.6 is 0 Å². The van der Waals surface area contributed by atoms with Crippen LogP contribution in [0.15, 0.2) is 18.2 Å². The van der Waals surface area contributed by atoms with Gasteiger partial charge in [0.2, 0.25) is 0 Å². The van der Waals surface area contributed by atoms with Gasteiger partial charge in [-0.2, -0.15) is 0 Å². The van der Waals surface area contributed by atoms with Crippen LogP contribution in [-0.2, 0) is 0 Å². The van der Waals surface area contributed by atoms with E-state index in [0.29, 0.717) is 6.04 Å². The zero-order valence-corrected chi connectivity index (χ0v) is 13.7. The highest BCUT2D eigenvalue weighted by molar-refractivity contribution is 5.33. The smallest absolute Gasteiger partial charge is 0.0379 e. The highest BCUT2D eigenvalue weighted by Gasteiger charge is 2.31. The molecule has 0 bridgehead atoms. The quantitative estimate of drug-likeness (QED) is 0.908. The van der Waals surface area contributed by atoms with Crippen molar-refractivity contribution >= 4 is 0 Å². The SMILES string of the molecule is Cc1ccc([C@@H](C2CCCCC2)N2CCNCC2)c(C)c1. The molecular weight excluding hydrogens is 256 g/mol. The number of aryl methyl sites for hydroxylation is 2. The topological polar surface area (TPSA) is 15.3 Å². The number of rotatable bonds is 3. The van der Waals surface area contributed by atoms with E-state index in [-0.39, 0.29) is 0 Å². The largest absolute Gasteiger partial charge is 0.314 e. The average molecular weight is 286 g/mol. The van der Waals surface area contributed by atoms with Crippen LogP contribution in [0.3, 0.4) is 0 Å². The van der Waals surface area contributed by atoms with Crippen molar-refractivity contribution in [3.8, 4) is 0 Å². The predicted octanol–water partition coefficient (Wildman–Crippen LogP) is 3.83. The van der Waals surface area contributed by atoms with E-state index in [1.807, 2.05) is 0 Å². The second-order valence-electron chi connectivity index (χ2n) is 6.99. The molecule has 21 heavy (non-hydrogen) atoms. The van der Waals surface area contributed by atoms with Crippen LogP contribution in [0.2, 0.25) is 0 Å². The van der Waals surface area contributed by atoms with Gasteiger partial charge >= 0.3 is 0 Å². The zero-order valence-electron chi connectivity index (χ0n) is 13.7. The minimum atomic E-state index is 0.646. The monoisotopic (exact) mass is 286 g/mol. The fourth-order valence-electron chi connectivity index (χ4n) is 4.32. The molecule has 2 fully saturated rings. The first kappa shape index (κ1) is 15.1. The van der Waals surface area contributed by atoms with Crippen LogP contribution < -0.4 is 5.32 Å². The lowest BCUT2D eigenvalue weighted by atomic mass is 9.79. The van der Waals surface area contributed by atoms with Gasteiger partial charge < -0.3 is 5.32 Å². The Morgan fingerprint density at radius 3 is 2.43 bits per heavy atom. The van der Waals surface area contributed by atoms with Crippen molar-refractivity contribution in [1.82, 2.24) is 10.2 Å². The average Bonchev–Trinajstić information content (AvgIpc) is 2.52. The van der Waals surface area contributed by atoms with Crippen LogP contribution in [0, 0.1) is 19.8 Å². The lowest BCUT2D eigenvalue weighted by Crippen LogP contribution is -2.47. The van der Waals surface area contributed by atoms with Gasteiger partial charge in [0.15, 0.2) is 0 Å². The Kier molecular flexibility index (Phi) is 4.97. The Labute approximate surface area is 129 Å². The summed E-state index contributed by atoms with van der Waals surface area (Å²) in [7, 11) is 0. The number of piperazine rings is 1. The second kappa shape index (κ2) is 6.93. The van der Waals surface area contributed by atoms with Gasteiger partial charge in [-0.05, 0) is 43.7 Å². The molecule has 0 amide bonds. The maximum absolute atomic E-state index is 3.51. The van der Waals surface area contributed by atoms with Crippen molar-refractivity contribution in [3.63, 3.8) is 0 Å². The molecule has 0 unspecified atom stereocenters. The third kappa shape index (κ3) is 3.49. The van der Waals surface area contributed by atoms with Crippen LogP contribution in [0.4, 0.5) is 0 Å². The van der Waals surface area contributed by atoms with E-state index in [9.17, 15) is 0 Å². The Bertz CT molecular complexity index is 439. The summed E-state index contributed by atoms with van der Waals surface area (Å²) in [5, 5.41) is 3.51. The van der Waals surface area contributed by atoms with Crippen LogP contribution in [0.1, 0.15) is 54.8 Å². The summed E-state index contributed by atoms with van der Waals surface area (Å²) < 4.78 is 0. The van der Waals surface area contributed by atoms with Gasteiger partial charge in [0.05, 0.1) is 0 Å². The Morgan fingerprint density at radius 2 is 1.76 bits per heavy atom. The first-order chi connectivity index (χ1) is 10.3. The lowest BCUT2D eigenvalue weighted by Gasteiger charge is -2.42. The van der Waals surface area contributed by atoms with E-state index in [4.69, 9.17) is 0 Å². The van der Waals surface area contributed by atoms with Gasteiger partial charge in [-0.25, -0.2) is 0 Å². The van der Waals surface area contributed by atoms with Crippen LogP contribution in [-0.4, -0.2) is 31.1 Å². The molecule has 1 saturated heterocycles. The zero-order chi connectivity index (χ0) is 14.7. The van der Waals surface area contributed by atoms with Gasteiger partial charge in [0, 0.05) is 32.2 Å². The van der Waals surface area contributed by atoms with Crippen molar-refractivity contribution in [1.29, 1.82) is 0 Å². The molecule has 1 atom stereocenters. The molecule has 0 radical (unpaired) electrons. The van der Waals surface area contributed by atoms with E-state index in [1.54, 1.807) is 5.56 Å². The molecule has 3 rings (SSSR count). The van der Waals surface area contributed by atoms with Gasteiger partial charge in [0.25, 0.3) is 0 Å². The van der Waals surface area contributed by atoms with Crippen molar-refractivity contribution < 1.29 is 0 Å². The minimum absolute atomic E-state index is 0.646. The highest BCUT2D eigenvalue weighted by Crippen LogP contribution is 2.39. The summed E-state index contributed by atoms with van der Waals surface area (Å²) in [6.45, 7) is 9.21. The van der Waals surface area contributed by atoms with E-state index < -0.39 is 0 Å². The fraction of sp³-hybridized carbons (Fsp3) is 0.684. The van der Waals surface area contributed by atoms with Crippen molar-refractivity contribution in [2.75, 3.05) is 26.2 Å². The maximum atomic E-state index is 3.51. The number of benzene rings is 1. The molecule has 2 aliphatic rings. The number of nitrogens with zero attached hydrogens (tertiary/aromatic N) is 1. The van der Waals surface area contributed by atoms with Crippen molar-refractivity contribution in [2.45, 2.75) is 52.0 Å². The molecule has 0 aromatic heterocycles. The number of nitrogens with one attached hydrogen (secondary N) is 1. The van der Waals surface area contributed by atoms with Crippen LogP contribution in [0.25, 0.3) is 0 Å². The summed E-state index contributed by atoms with van der Waals surface area (Å²) in [6.07, 6.45) is 7.14. The highest BCUT2D eigenvalue weighted by atomic mass is 15.2. The van der Waals surface area contributed by atoms with E-state index in [2.05, 4.69) is 42.3 Å². The maximum Gasteiger partial charge on any atom is 0.0379 e. The van der Waals surface area contributed by atoms with Crippen LogP contribution in [0.5, 0.6) is 0 Å². The molecule has 0 spiro atoms. The number of hydrogen-bond donors (Lipinski definition) is 1. The van der Waals surface area contributed by atoms with Gasteiger partial charge in [-0.1, -0.05) is 43.0 Å². The third-order valence-corrected chi connectivity index (χ3v) is 5.39. The molecule has 1 aromatic rings. The Morgan fingerprint density at radius 1 is 1.05 bits per heavy atom. The van der Waals surface area contributed by atoms with Gasteiger partial charge in [-0.3, -0.25) is 4.90 Å². The standard InChI is InChI=1S/C19H30N2/c1-15-8-9-18(16(2)14-15)19(17-6-4-3-5-7-17)21-12-10-20-11-13-21/h8-9,14,17,19-20H,3-7,10-13H2,1-2H3/t19-/m1/s1. The number of hydrogen-bond acceptors (Lipinski definition) is 2. The molecule has 1 aliphatic heterocycles. The summed E-state index contributed by atoms with van der Waals surface area (Å²) in [5.74, 6) is 0.859. The minimum Gasteiger partial charge on any atom is -0.314 e. The fourth-order valence-corrected chi connectivity index (χ4v) is 4.32. The molecule has 1 aromatic carbocycles. The van der Waals surface area contributed by atoms with Crippen molar-refractivity contribution in [2.24, 2.45) is 5.92 Å². The van der Waals surface area contributed by atoms with E-state index >= 15 is 0 Å². The third-order valence-electron chi connectivity index (χ3n) is 5.39. The molecule has 1 saturated carbocycles. The summed E-state index contributed by atoms with van der Waals surface area (Å²) >= 11 is 0. The second-order valence-corrected chi connectivity index (χ2v) is 6.99. The first-order valence-corrected chi connectivity index (χ1v) is 8.77. The van der Waals surface area contributed by atoms with E-state index in [0.717, 1.165) is 19.0 Å². The molecular formula is C19H30N2. The molecule has 2 nitrogen and oxygen atoms in total. The lowest BCUT2D eigenvalue weighted by molar-refractivity contribution is 0.103. The molecule has 1 N–H and O–H groups in total. The Balaban J connectivity index is 1.89. The molecule has 2 heteroatoms. The molecule has 1 aliphatic carbocycles. The summed E-state index contributed by atoms with van der Waals surface area (Å²) in [5.41, 5.74) is 4.47. The normalized spacial score (nSPS) is 23.1. The Hall–Kier alpha value is -0.860. The summed E-state index contributed by atoms with van der Waals surface area (Å²) in [6, 6.07) is 7.73. The summed E-state index contributed by atoms with van der Waals surface area (Å²) in [4.78, 5) is 2.75. The first-order valence-electron chi connectivity index (χ1n) is 8.77. The van der Waals surface area contributed by atoms with E-state index in [1.165, 1.54) is 56.3 Å². The predicted molar refractivity (Wildman–Crippen MR) is 89.7 cm³/mol.